The van der Waals surface area contributed by atoms with Gasteiger partial charge in [0.2, 0.25) is 0 Å². The van der Waals surface area contributed by atoms with Crippen molar-refractivity contribution >= 4 is 5.97 Å². The molecule has 1 atom stereocenters. The van der Waals surface area contributed by atoms with Crippen molar-refractivity contribution < 1.29 is 14.3 Å². The van der Waals surface area contributed by atoms with E-state index >= 15 is 0 Å². The topological polar surface area (TPSA) is 42.0 Å². The van der Waals surface area contributed by atoms with Crippen LogP contribution in [0.2, 0.25) is 0 Å². The molecule has 0 radical (unpaired) electrons. The Morgan fingerprint density at radius 2 is 1.90 bits per heavy atom. The van der Waals surface area contributed by atoms with Crippen LogP contribution in [0.15, 0.2) is 42.8 Å². The van der Waals surface area contributed by atoms with Crippen molar-refractivity contribution in [1.29, 1.82) is 0 Å². The average molecular weight is 290 g/mol. The van der Waals surface area contributed by atoms with Crippen molar-refractivity contribution in [3.8, 4) is 0 Å². The van der Waals surface area contributed by atoms with Crippen LogP contribution >= 0.6 is 0 Å². The number of carbonyl (C=O) groups is 1. The molecule has 21 heavy (non-hydrogen) atoms. The predicted octanol–water partition coefficient (Wildman–Crippen LogP) is 2.97. The second kappa shape index (κ2) is 7.69. The minimum absolute atomic E-state index is 0.387. The van der Waals surface area contributed by atoms with Gasteiger partial charge >= 0.3 is 12.4 Å². The number of nitrogens with zero attached hydrogens (tertiary/aromatic N) is 2. The summed E-state index contributed by atoms with van der Waals surface area (Å²) < 4.78 is 10.8. The van der Waals surface area contributed by atoms with Gasteiger partial charge in [0, 0.05) is 13.1 Å². The van der Waals surface area contributed by atoms with E-state index in [2.05, 4.69) is 18.9 Å². The van der Waals surface area contributed by atoms with Crippen LogP contribution < -0.4 is 0 Å². The maximum atomic E-state index is 12.1. The van der Waals surface area contributed by atoms with E-state index in [1.807, 2.05) is 23.2 Å². The van der Waals surface area contributed by atoms with Gasteiger partial charge in [-0.25, -0.2) is 14.8 Å². The number of hydrogen-bond acceptors (Lipinski definition) is 5. The molecule has 1 aromatic rings. The van der Waals surface area contributed by atoms with Crippen molar-refractivity contribution in [2.75, 3.05) is 13.1 Å². The SMILES string of the molecule is CCCN(CCC)N1C=COC1OC(=O)c1ccccc1. The average Bonchev–Trinajstić information content (AvgIpc) is 2.96. The second-order valence-electron chi connectivity index (χ2n) is 4.83. The van der Waals surface area contributed by atoms with E-state index in [0.717, 1.165) is 25.9 Å². The summed E-state index contributed by atoms with van der Waals surface area (Å²) in [5.74, 6) is -0.387. The number of esters is 1. The molecule has 0 saturated heterocycles. The Labute approximate surface area is 125 Å². The first kappa shape index (κ1) is 15.4. The molecule has 1 heterocycles. The Morgan fingerprint density at radius 3 is 2.52 bits per heavy atom. The molecule has 114 valence electrons. The molecular weight excluding hydrogens is 268 g/mol. The van der Waals surface area contributed by atoms with Crippen LogP contribution in [0.5, 0.6) is 0 Å². The Morgan fingerprint density at radius 1 is 1.24 bits per heavy atom. The number of hydrogen-bond donors (Lipinski definition) is 0. The highest BCUT2D eigenvalue weighted by Crippen LogP contribution is 2.18. The predicted molar refractivity (Wildman–Crippen MR) is 79.9 cm³/mol. The zero-order valence-corrected chi connectivity index (χ0v) is 12.6. The Kier molecular flexibility index (Phi) is 5.63. The Hall–Kier alpha value is -2.01. The molecule has 1 unspecified atom stereocenters. The molecule has 0 spiro atoms. The first-order valence-electron chi connectivity index (χ1n) is 7.37. The minimum atomic E-state index is -0.726. The minimum Gasteiger partial charge on any atom is -0.443 e. The van der Waals surface area contributed by atoms with E-state index in [-0.39, 0.29) is 5.97 Å². The monoisotopic (exact) mass is 290 g/mol. The van der Waals surface area contributed by atoms with Gasteiger partial charge in [0.15, 0.2) is 0 Å². The third-order valence-corrected chi connectivity index (χ3v) is 3.13. The first-order chi connectivity index (χ1) is 10.3. The fraction of sp³-hybridized carbons (Fsp3) is 0.438. The smallest absolute Gasteiger partial charge is 0.342 e. The molecule has 5 heteroatoms. The van der Waals surface area contributed by atoms with Crippen LogP contribution in [-0.4, -0.2) is 35.5 Å². The van der Waals surface area contributed by atoms with E-state index in [1.54, 1.807) is 24.6 Å². The van der Waals surface area contributed by atoms with Crippen LogP contribution in [0, 0.1) is 0 Å². The molecule has 0 fully saturated rings. The molecule has 1 aromatic carbocycles. The van der Waals surface area contributed by atoms with Crippen LogP contribution in [0.1, 0.15) is 37.0 Å². The largest absolute Gasteiger partial charge is 0.443 e. The van der Waals surface area contributed by atoms with Gasteiger partial charge < -0.3 is 9.47 Å². The third kappa shape index (κ3) is 3.98. The lowest BCUT2D eigenvalue weighted by Crippen LogP contribution is -2.46. The number of hydrazine groups is 1. The zero-order chi connectivity index (χ0) is 15.1. The molecule has 1 aliphatic rings. The molecule has 0 N–H and O–H groups in total. The van der Waals surface area contributed by atoms with Gasteiger partial charge in [0.05, 0.1) is 11.8 Å². The van der Waals surface area contributed by atoms with Gasteiger partial charge in [-0.05, 0) is 25.0 Å². The number of carbonyl (C=O) groups excluding carboxylic acids is 1. The van der Waals surface area contributed by atoms with Crippen LogP contribution in [-0.2, 0) is 9.47 Å². The van der Waals surface area contributed by atoms with E-state index in [9.17, 15) is 4.79 Å². The zero-order valence-electron chi connectivity index (χ0n) is 12.6. The highest BCUT2D eigenvalue weighted by atomic mass is 16.7. The summed E-state index contributed by atoms with van der Waals surface area (Å²) in [6.07, 6.45) is 4.67. The molecule has 0 bridgehead atoms. The number of benzene rings is 1. The Bertz CT molecular complexity index is 470. The highest BCUT2D eigenvalue weighted by molar-refractivity contribution is 5.89. The van der Waals surface area contributed by atoms with Gasteiger partial charge in [0.25, 0.3) is 0 Å². The van der Waals surface area contributed by atoms with Crippen molar-refractivity contribution in [1.82, 2.24) is 10.0 Å². The normalized spacial score (nSPS) is 17.1. The highest BCUT2D eigenvalue weighted by Gasteiger charge is 2.29. The molecular formula is C16H22N2O3. The van der Waals surface area contributed by atoms with Gasteiger partial charge in [0.1, 0.15) is 6.26 Å². The molecule has 5 nitrogen and oxygen atoms in total. The van der Waals surface area contributed by atoms with Crippen LogP contribution in [0.25, 0.3) is 0 Å². The standard InChI is InChI=1S/C16H22N2O3/c1-3-10-17(11-4-2)18-12-13-20-16(18)21-15(19)14-8-6-5-7-9-14/h5-9,12-13,16H,3-4,10-11H2,1-2H3. The van der Waals surface area contributed by atoms with Crippen molar-refractivity contribution in [2.45, 2.75) is 33.1 Å². The Balaban J connectivity index is 2.00. The molecule has 0 aromatic heterocycles. The quantitative estimate of drug-likeness (QED) is 0.722. The summed E-state index contributed by atoms with van der Waals surface area (Å²) in [6, 6.07) is 8.93. The molecule has 0 amide bonds. The maximum Gasteiger partial charge on any atom is 0.342 e. The maximum absolute atomic E-state index is 12.1. The van der Waals surface area contributed by atoms with Gasteiger partial charge in [-0.15, -0.1) is 0 Å². The van der Waals surface area contributed by atoms with E-state index in [1.165, 1.54) is 0 Å². The van der Waals surface area contributed by atoms with Crippen molar-refractivity contribution in [3.63, 3.8) is 0 Å². The summed E-state index contributed by atoms with van der Waals surface area (Å²) in [5, 5.41) is 3.97. The summed E-state index contributed by atoms with van der Waals surface area (Å²) >= 11 is 0. The summed E-state index contributed by atoms with van der Waals surface area (Å²) in [7, 11) is 0. The molecule has 0 aliphatic carbocycles. The van der Waals surface area contributed by atoms with Gasteiger partial charge in [-0.2, -0.15) is 0 Å². The number of ether oxygens (including phenoxy) is 2. The van der Waals surface area contributed by atoms with E-state index < -0.39 is 6.41 Å². The van der Waals surface area contributed by atoms with Crippen molar-refractivity contribution in [2.24, 2.45) is 0 Å². The molecule has 0 saturated carbocycles. The fourth-order valence-corrected chi connectivity index (χ4v) is 2.20. The van der Waals surface area contributed by atoms with Gasteiger partial charge in [-0.1, -0.05) is 32.0 Å². The fourth-order valence-electron chi connectivity index (χ4n) is 2.20. The van der Waals surface area contributed by atoms with Gasteiger partial charge in [-0.3, -0.25) is 0 Å². The first-order valence-corrected chi connectivity index (χ1v) is 7.37. The lowest BCUT2D eigenvalue weighted by atomic mass is 10.2. The van der Waals surface area contributed by atoms with E-state index in [0.29, 0.717) is 5.56 Å². The third-order valence-electron chi connectivity index (χ3n) is 3.13. The van der Waals surface area contributed by atoms with Crippen molar-refractivity contribution in [3.05, 3.63) is 48.4 Å². The van der Waals surface area contributed by atoms with E-state index in [4.69, 9.17) is 9.47 Å². The van der Waals surface area contributed by atoms with Crippen LogP contribution in [0.4, 0.5) is 0 Å². The second-order valence-corrected chi connectivity index (χ2v) is 4.83. The summed E-state index contributed by atoms with van der Waals surface area (Å²) in [4.78, 5) is 12.1. The molecule has 2 rings (SSSR count). The number of rotatable bonds is 7. The summed E-state index contributed by atoms with van der Waals surface area (Å²) in [6.45, 7) is 6.02. The molecule has 1 aliphatic heterocycles. The van der Waals surface area contributed by atoms with Crippen LogP contribution in [0.3, 0.4) is 0 Å². The lowest BCUT2D eigenvalue weighted by Gasteiger charge is -2.34. The summed E-state index contributed by atoms with van der Waals surface area (Å²) in [5.41, 5.74) is 0.519. The lowest BCUT2D eigenvalue weighted by molar-refractivity contribution is -0.196.